The summed E-state index contributed by atoms with van der Waals surface area (Å²) in [6.45, 7) is 3.87. The molecule has 1 amide bonds. The smallest absolute Gasteiger partial charge is 0.242 e. The van der Waals surface area contributed by atoms with Crippen molar-refractivity contribution < 1.29 is 4.79 Å². The van der Waals surface area contributed by atoms with Gasteiger partial charge in [0.2, 0.25) is 5.91 Å². The van der Waals surface area contributed by atoms with E-state index in [2.05, 4.69) is 25.5 Å². The summed E-state index contributed by atoms with van der Waals surface area (Å²) in [5.74, 6) is 1.88. The molecule has 2 aliphatic rings. The number of H-pyrrole nitrogens is 1. The van der Waals surface area contributed by atoms with Crippen LogP contribution in [0.3, 0.4) is 0 Å². The molecular weight excluding hydrogens is 316 g/mol. The molecule has 0 saturated heterocycles. The highest BCUT2D eigenvalue weighted by Crippen LogP contribution is 2.50. The summed E-state index contributed by atoms with van der Waals surface area (Å²) in [4.78, 5) is 21.3. The second-order valence-electron chi connectivity index (χ2n) is 7.36. The van der Waals surface area contributed by atoms with Crippen LogP contribution in [0.1, 0.15) is 37.1 Å². The molecule has 0 aliphatic heterocycles. The summed E-state index contributed by atoms with van der Waals surface area (Å²) < 4.78 is 0. The molecule has 2 fully saturated rings. The maximum Gasteiger partial charge on any atom is 0.242 e. The number of carbonyl (C=O) groups is 1. The number of amides is 1. The topological polar surface area (TPSA) is 110 Å². The first-order valence-electron chi connectivity index (χ1n) is 8.95. The molecule has 0 aromatic carbocycles. The van der Waals surface area contributed by atoms with Gasteiger partial charge in [-0.3, -0.25) is 14.9 Å². The van der Waals surface area contributed by atoms with Crippen LogP contribution in [-0.4, -0.2) is 32.1 Å². The van der Waals surface area contributed by atoms with Crippen LogP contribution in [0.4, 0.5) is 5.82 Å². The second kappa shape index (κ2) is 6.22. The van der Waals surface area contributed by atoms with Crippen molar-refractivity contribution in [2.45, 2.75) is 45.6 Å². The number of nitrogens with two attached hydrogens (primary N) is 1. The van der Waals surface area contributed by atoms with Crippen molar-refractivity contribution in [1.82, 2.24) is 20.2 Å². The molecule has 2 saturated carbocycles. The average molecular weight is 340 g/mol. The first kappa shape index (κ1) is 16.2. The lowest BCUT2D eigenvalue weighted by atomic mass is 9.89. The van der Waals surface area contributed by atoms with Crippen LogP contribution in [-0.2, 0) is 4.79 Å². The lowest BCUT2D eigenvalue weighted by Crippen LogP contribution is -2.43. The van der Waals surface area contributed by atoms with Crippen LogP contribution in [0, 0.1) is 31.6 Å². The SMILES string of the molecule is Cc1n[nH]c(C)c1-c1cnc(NC(=O)[C@@H](N)C(C2CC2)C2CC2)cn1. The zero-order valence-electron chi connectivity index (χ0n) is 14.6. The van der Waals surface area contributed by atoms with Gasteiger partial charge in [-0.2, -0.15) is 5.10 Å². The van der Waals surface area contributed by atoms with Crippen LogP contribution in [0.5, 0.6) is 0 Å². The second-order valence-corrected chi connectivity index (χ2v) is 7.36. The van der Waals surface area contributed by atoms with Crippen LogP contribution in [0.15, 0.2) is 12.4 Å². The third-order valence-electron chi connectivity index (χ3n) is 5.34. The molecule has 0 spiro atoms. The van der Waals surface area contributed by atoms with E-state index in [4.69, 9.17) is 5.73 Å². The van der Waals surface area contributed by atoms with Crippen molar-refractivity contribution in [2.24, 2.45) is 23.5 Å². The highest BCUT2D eigenvalue weighted by Gasteiger charge is 2.46. The maximum atomic E-state index is 12.5. The van der Waals surface area contributed by atoms with Crippen molar-refractivity contribution in [3.8, 4) is 11.3 Å². The van der Waals surface area contributed by atoms with Crippen molar-refractivity contribution in [2.75, 3.05) is 5.32 Å². The van der Waals surface area contributed by atoms with Gasteiger partial charge in [-0.1, -0.05) is 0 Å². The molecule has 2 aromatic heterocycles. The Morgan fingerprint density at radius 3 is 2.36 bits per heavy atom. The molecule has 2 aromatic rings. The number of carbonyl (C=O) groups excluding carboxylic acids is 1. The van der Waals surface area contributed by atoms with Crippen molar-refractivity contribution in [1.29, 1.82) is 0 Å². The molecule has 4 N–H and O–H groups in total. The molecule has 132 valence electrons. The Morgan fingerprint density at radius 1 is 1.20 bits per heavy atom. The van der Waals surface area contributed by atoms with Gasteiger partial charge in [-0.15, -0.1) is 0 Å². The summed E-state index contributed by atoms with van der Waals surface area (Å²) in [5, 5.41) is 9.94. The quantitative estimate of drug-likeness (QED) is 0.746. The molecule has 0 bridgehead atoms. The van der Waals surface area contributed by atoms with Gasteiger partial charge in [0.15, 0.2) is 5.82 Å². The van der Waals surface area contributed by atoms with Gasteiger partial charge in [0.1, 0.15) is 0 Å². The largest absolute Gasteiger partial charge is 0.320 e. The van der Waals surface area contributed by atoms with Gasteiger partial charge >= 0.3 is 0 Å². The number of anilines is 1. The normalized spacial score (nSPS) is 18.4. The van der Waals surface area contributed by atoms with Gasteiger partial charge in [0.05, 0.1) is 29.8 Å². The molecule has 4 rings (SSSR count). The minimum Gasteiger partial charge on any atom is -0.320 e. The van der Waals surface area contributed by atoms with E-state index in [0.717, 1.165) is 22.6 Å². The Bertz CT molecular complexity index is 744. The summed E-state index contributed by atoms with van der Waals surface area (Å²) in [5.41, 5.74) is 9.77. The predicted octanol–water partition coefficient (Wildman–Crippen LogP) is 2.19. The number of aryl methyl sites for hydroxylation is 2. The summed E-state index contributed by atoms with van der Waals surface area (Å²) in [6.07, 6.45) is 8.07. The van der Waals surface area contributed by atoms with Crippen LogP contribution in [0.25, 0.3) is 11.3 Å². The van der Waals surface area contributed by atoms with E-state index in [0.29, 0.717) is 23.6 Å². The summed E-state index contributed by atoms with van der Waals surface area (Å²) in [6, 6.07) is -0.458. The van der Waals surface area contributed by atoms with Gasteiger partial charge in [0, 0.05) is 11.3 Å². The Labute approximate surface area is 146 Å². The maximum absolute atomic E-state index is 12.5. The number of aromatic amines is 1. The first-order chi connectivity index (χ1) is 12.0. The Hall–Kier alpha value is -2.28. The van der Waals surface area contributed by atoms with Crippen molar-refractivity contribution in [3.63, 3.8) is 0 Å². The van der Waals surface area contributed by atoms with E-state index < -0.39 is 6.04 Å². The highest BCUT2D eigenvalue weighted by molar-refractivity contribution is 5.94. The van der Waals surface area contributed by atoms with Crippen LogP contribution in [0.2, 0.25) is 0 Å². The molecule has 7 nitrogen and oxygen atoms in total. The molecule has 1 atom stereocenters. The van der Waals surface area contributed by atoms with E-state index in [1.807, 2.05) is 13.8 Å². The zero-order valence-corrected chi connectivity index (χ0v) is 14.6. The minimum absolute atomic E-state index is 0.151. The molecule has 2 heterocycles. The van der Waals surface area contributed by atoms with Crippen molar-refractivity contribution >= 4 is 11.7 Å². The fraction of sp³-hybridized carbons (Fsp3) is 0.556. The lowest BCUT2D eigenvalue weighted by molar-refractivity contribution is -0.118. The highest BCUT2D eigenvalue weighted by atomic mass is 16.2. The third kappa shape index (κ3) is 3.28. The zero-order chi connectivity index (χ0) is 17.6. The third-order valence-corrected chi connectivity index (χ3v) is 5.34. The van der Waals surface area contributed by atoms with Crippen LogP contribution < -0.4 is 11.1 Å². The van der Waals surface area contributed by atoms with E-state index in [9.17, 15) is 4.79 Å². The standard InChI is InChI=1S/C18H24N6O/c1-9-15(10(2)24-23-9)13-7-21-14(8-20-13)22-18(25)17(19)16(11-3-4-11)12-5-6-12/h7-8,11-12,16-17H,3-6,19H2,1-2H3,(H,23,24)(H,21,22,25)/t17-/m0/s1. The van der Waals surface area contributed by atoms with Crippen LogP contribution >= 0.6 is 0 Å². The molecule has 7 heteroatoms. The Morgan fingerprint density at radius 2 is 1.88 bits per heavy atom. The average Bonchev–Trinajstić information content (AvgIpc) is 3.51. The van der Waals surface area contributed by atoms with Gasteiger partial charge in [-0.25, -0.2) is 4.98 Å². The number of aromatic nitrogens is 4. The molecule has 0 radical (unpaired) electrons. The number of nitrogens with zero attached hydrogens (tertiary/aromatic N) is 3. The first-order valence-corrected chi connectivity index (χ1v) is 8.95. The fourth-order valence-electron chi connectivity index (χ4n) is 3.77. The van der Waals surface area contributed by atoms with E-state index in [1.54, 1.807) is 12.4 Å². The lowest BCUT2D eigenvalue weighted by Gasteiger charge is -2.22. The predicted molar refractivity (Wildman–Crippen MR) is 94.6 cm³/mol. The Balaban J connectivity index is 1.44. The molecule has 0 unspecified atom stereocenters. The number of nitrogens with one attached hydrogen (secondary N) is 2. The van der Waals surface area contributed by atoms with E-state index in [-0.39, 0.29) is 5.91 Å². The minimum atomic E-state index is -0.458. The van der Waals surface area contributed by atoms with Crippen molar-refractivity contribution in [3.05, 3.63) is 23.8 Å². The molecular formula is C18H24N6O. The molecule has 2 aliphatic carbocycles. The van der Waals surface area contributed by atoms with E-state index in [1.165, 1.54) is 25.7 Å². The summed E-state index contributed by atoms with van der Waals surface area (Å²) in [7, 11) is 0. The number of hydrogen-bond acceptors (Lipinski definition) is 5. The van der Waals surface area contributed by atoms with Gasteiger partial charge < -0.3 is 11.1 Å². The number of rotatable bonds is 6. The van der Waals surface area contributed by atoms with Gasteiger partial charge in [0.25, 0.3) is 0 Å². The monoisotopic (exact) mass is 340 g/mol. The van der Waals surface area contributed by atoms with Gasteiger partial charge in [-0.05, 0) is 57.3 Å². The fourth-order valence-corrected chi connectivity index (χ4v) is 3.77. The number of hydrogen-bond donors (Lipinski definition) is 3. The van der Waals surface area contributed by atoms with E-state index >= 15 is 0 Å². The summed E-state index contributed by atoms with van der Waals surface area (Å²) >= 11 is 0. The Kier molecular flexibility index (Phi) is 4.03. The molecule has 25 heavy (non-hydrogen) atoms.